The zero-order chi connectivity index (χ0) is 16.8. The van der Waals surface area contributed by atoms with Crippen molar-refractivity contribution >= 4 is 11.8 Å². The summed E-state index contributed by atoms with van der Waals surface area (Å²) in [5.74, 6) is -3.47. The average molecular weight is 326 g/mol. The maximum atomic E-state index is 13.5. The van der Waals surface area contributed by atoms with E-state index in [-0.39, 0.29) is 12.5 Å². The van der Waals surface area contributed by atoms with E-state index in [1.807, 2.05) is 0 Å². The summed E-state index contributed by atoms with van der Waals surface area (Å²) in [6.07, 6.45) is 4.02. The van der Waals surface area contributed by atoms with E-state index in [4.69, 9.17) is 0 Å². The third kappa shape index (κ3) is 4.64. The fraction of sp³-hybridized carbons (Fsp3) is 0.500. The van der Waals surface area contributed by atoms with Gasteiger partial charge < -0.3 is 15.3 Å². The number of benzene rings is 1. The molecule has 1 heterocycles. The first-order chi connectivity index (χ1) is 11.0. The highest BCUT2D eigenvalue weighted by Crippen LogP contribution is 2.21. The Bertz CT molecular complexity index is 570. The van der Waals surface area contributed by atoms with Crippen LogP contribution in [0.4, 0.5) is 8.78 Å². The van der Waals surface area contributed by atoms with Gasteiger partial charge in [0.2, 0.25) is 5.91 Å². The number of carbonyl (C=O) groups excluding carboxylic acids is 2. The number of amides is 2. The van der Waals surface area contributed by atoms with E-state index < -0.39 is 28.9 Å². The summed E-state index contributed by atoms with van der Waals surface area (Å²) in [7, 11) is 0. The number of rotatable bonds is 5. The van der Waals surface area contributed by atoms with E-state index in [0.717, 1.165) is 25.8 Å². The Labute approximate surface area is 133 Å². The molecular formula is C16H20F2N2O3. The van der Waals surface area contributed by atoms with Crippen molar-refractivity contribution in [2.45, 2.75) is 32.1 Å². The van der Waals surface area contributed by atoms with Gasteiger partial charge in [0.15, 0.2) is 0 Å². The Morgan fingerprint density at radius 3 is 2.78 bits per heavy atom. The zero-order valence-electron chi connectivity index (χ0n) is 12.8. The topological polar surface area (TPSA) is 69.6 Å². The molecule has 1 aromatic carbocycles. The minimum absolute atomic E-state index is 0.121. The molecule has 0 aromatic heterocycles. The summed E-state index contributed by atoms with van der Waals surface area (Å²) in [5, 5.41) is 11.9. The summed E-state index contributed by atoms with van der Waals surface area (Å²) < 4.78 is 26.4. The third-order valence-electron chi connectivity index (χ3n) is 3.82. The molecule has 23 heavy (non-hydrogen) atoms. The van der Waals surface area contributed by atoms with E-state index in [2.05, 4.69) is 5.32 Å². The molecule has 2 N–H and O–H groups in total. The molecule has 0 radical (unpaired) electrons. The number of nitrogens with zero attached hydrogens (tertiary/aromatic N) is 1. The predicted molar refractivity (Wildman–Crippen MR) is 80.0 cm³/mol. The van der Waals surface area contributed by atoms with Crippen molar-refractivity contribution in [3.05, 3.63) is 29.3 Å². The van der Waals surface area contributed by atoms with E-state index in [1.165, 1.54) is 0 Å². The molecule has 5 nitrogen and oxygen atoms in total. The largest absolute Gasteiger partial charge is 0.507 e. The van der Waals surface area contributed by atoms with Gasteiger partial charge >= 0.3 is 0 Å². The molecular weight excluding hydrogens is 306 g/mol. The van der Waals surface area contributed by atoms with Gasteiger partial charge in [0.1, 0.15) is 22.9 Å². The predicted octanol–water partition coefficient (Wildman–Crippen LogP) is 2.19. The van der Waals surface area contributed by atoms with Crippen LogP contribution in [0, 0.1) is 11.6 Å². The fourth-order valence-corrected chi connectivity index (χ4v) is 2.62. The minimum Gasteiger partial charge on any atom is -0.507 e. The molecule has 0 spiro atoms. The highest BCUT2D eigenvalue weighted by Gasteiger charge is 2.19. The first kappa shape index (κ1) is 17.2. The molecule has 7 heteroatoms. The molecule has 0 unspecified atom stereocenters. The van der Waals surface area contributed by atoms with E-state index in [0.29, 0.717) is 31.5 Å². The molecule has 0 saturated carbocycles. The molecule has 1 aliphatic heterocycles. The molecule has 1 aliphatic rings. The molecule has 1 fully saturated rings. The number of likely N-dealkylation sites (tertiary alicyclic amines) is 1. The molecule has 2 amide bonds. The highest BCUT2D eigenvalue weighted by atomic mass is 19.1. The zero-order valence-corrected chi connectivity index (χ0v) is 12.8. The van der Waals surface area contributed by atoms with Gasteiger partial charge in [-0.1, -0.05) is 6.42 Å². The Morgan fingerprint density at radius 1 is 1.26 bits per heavy atom. The summed E-state index contributed by atoms with van der Waals surface area (Å²) >= 11 is 0. The molecule has 0 bridgehead atoms. The number of carbonyl (C=O) groups is 2. The van der Waals surface area contributed by atoms with Crippen LogP contribution in [-0.2, 0) is 4.79 Å². The SMILES string of the molecule is O=C(NCCCN1CCCCCC1=O)c1c(O)cc(F)cc1F. The second-order valence-corrected chi connectivity index (χ2v) is 5.58. The smallest absolute Gasteiger partial charge is 0.258 e. The van der Waals surface area contributed by atoms with Gasteiger partial charge in [0.05, 0.1) is 0 Å². The lowest BCUT2D eigenvalue weighted by Crippen LogP contribution is -2.34. The molecule has 1 aromatic rings. The first-order valence-electron chi connectivity index (χ1n) is 7.73. The van der Waals surface area contributed by atoms with Crippen molar-refractivity contribution in [3.63, 3.8) is 0 Å². The second kappa shape index (κ2) is 7.89. The number of hydrogen-bond acceptors (Lipinski definition) is 3. The lowest BCUT2D eigenvalue weighted by Gasteiger charge is -2.20. The van der Waals surface area contributed by atoms with Crippen molar-refractivity contribution in [1.29, 1.82) is 0 Å². The van der Waals surface area contributed by atoms with Crippen LogP contribution in [0.2, 0.25) is 0 Å². The highest BCUT2D eigenvalue weighted by molar-refractivity contribution is 5.97. The lowest BCUT2D eigenvalue weighted by atomic mass is 10.1. The lowest BCUT2D eigenvalue weighted by molar-refractivity contribution is -0.130. The Hall–Kier alpha value is -2.18. The van der Waals surface area contributed by atoms with Crippen molar-refractivity contribution in [2.24, 2.45) is 0 Å². The summed E-state index contributed by atoms with van der Waals surface area (Å²) in [6, 6.07) is 1.23. The summed E-state index contributed by atoms with van der Waals surface area (Å²) in [6.45, 7) is 1.48. The van der Waals surface area contributed by atoms with Crippen LogP contribution in [-0.4, -0.2) is 41.5 Å². The molecule has 0 atom stereocenters. The van der Waals surface area contributed by atoms with Gasteiger partial charge in [-0.25, -0.2) is 8.78 Å². The molecule has 126 valence electrons. The number of aromatic hydroxyl groups is 1. The normalized spacial score (nSPS) is 15.4. The van der Waals surface area contributed by atoms with Crippen molar-refractivity contribution < 1.29 is 23.5 Å². The Morgan fingerprint density at radius 2 is 2.04 bits per heavy atom. The number of halogens is 2. The van der Waals surface area contributed by atoms with Gasteiger partial charge in [-0.2, -0.15) is 0 Å². The van der Waals surface area contributed by atoms with Gasteiger partial charge in [-0.05, 0) is 19.3 Å². The monoisotopic (exact) mass is 326 g/mol. The fourth-order valence-electron chi connectivity index (χ4n) is 2.62. The second-order valence-electron chi connectivity index (χ2n) is 5.58. The van der Waals surface area contributed by atoms with Gasteiger partial charge in [0, 0.05) is 38.2 Å². The van der Waals surface area contributed by atoms with Crippen LogP contribution in [0.25, 0.3) is 0 Å². The average Bonchev–Trinajstić information content (AvgIpc) is 2.67. The standard InChI is InChI=1S/C16H20F2N2O3/c17-11-9-12(18)15(13(21)10-11)16(23)19-6-4-8-20-7-3-1-2-5-14(20)22/h9-10,21H,1-8H2,(H,19,23). The van der Waals surface area contributed by atoms with Crippen LogP contribution >= 0.6 is 0 Å². The quantitative estimate of drug-likeness (QED) is 0.815. The van der Waals surface area contributed by atoms with Gasteiger partial charge in [-0.15, -0.1) is 0 Å². The third-order valence-corrected chi connectivity index (χ3v) is 3.82. The van der Waals surface area contributed by atoms with Crippen molar-refractivity contribution in [3.8, 4) is 5.75 Å². The number of phenolic OH excluding ortho intramolecular Hbond substituents is 1. The molecule has 2 rings (SSSR count). The molecule has 1 saturated heterocycles. The number of nitrogens with one attached hydrogen (secondary N) is 1. The van der Waals surface area contributed by atoms with Crippen LogP contribution in [0.1, 0.15) is 42.5 Å². The Kier molecular flexibility index (Phi) is 5.90. The van der Waals surface area contributed by atoms with E-state index >= 15 is 0 Å². The van der Waals surface area contributed by atoms with Crippen LogP contribution in [0.5, 0.6) is 5.75 Å². The maximum Gasteiger partial charge on any atom is 0.258 e. The summed E-state index contributed by atoms with van der Waals surface area (Å²) in [5.41, 5.74) is -0.572. The van der Waals surface area contributed by atoms with Crippen molar-refractivity contribution in [1.82, 2.24) is 10.2 Å². The van der Waals surface area contributed by atoms with Gasteiger partial charge in [0.25, 0.3) is 5.91 Å². The van der Waals surface area contributed by atoms with Crippen LogP contribution < -0.4 is 5.32 Å². The van der Waals surface area contributed by atoms with E-state index in [1.54, 1.807) is 4.90 Å². The maximum absolute atomic E-state index is 13.5. The molecule has 0 aliphatic carbocycles. The van der Waals surface area contributed by atoms with Crippen LogP contribution in [0.3, 0.4) is 0 Å². The van der Waals surface area contributed by atoms with E-state index in [9.17, 15) is 23.5 Å². The van der Waals surface area contributed by atoms with Gasteiger partial charge in [-0.3, -0.25) is 9.59 Å². The number of phenols is 1. The minimum atomic E-state index is -1.11. The van der Waals surface area contributed by atoms with Crippen molar-refractivity contribution in [2.75, 3.05) is 19.6 Å². The number of hydrogen-bond donors (Lipinski definition) is 2. The summed E-state index contributed by atoms with van der Waals surface area (Å²) in [4.78, 5) is 25.4. The Balaban J connectivity index is 1.82. The van der Waals surface area contributed by atoms with Crippen LogP contribution in [0.15, 0.2) is 12.1 Å². The first-order valence-corrected chi connectivity index (χ1v) is 7.73.